The van der Waals surface area contributed by atoms with Crippen molar-refractivity contribution in [3.63, 3.8) is 0 Å². The summed E-state index contributed by atoms with van der Waals surface area (Å²) >= 11 is 0. The van der Waals surface area contributed by atoms with Crippen molar-refractivity contribution in [1.82, 2.24) is 4.90 Å². The minimum Gasteiger partial charge on any atom is -0.343 e. The van der Waals surface area contributed by atoms with Gasteiger partial charge in [0, 0.05) is 25.4 Å². The fourth-order valence-corrected chi connectivity index (χ4v) is 2.50. The van der Waals surface area contributed by atoms with Crippen molar-refractivity contribution in [1.29, 1.82) is 5.26 Å². The van der Waals surface area contributed by atoms with Gasteiger partial charge in [-0.2, -0.15) is 5.26 Å². The number of likely N-dealkylation sites (tertiary alicyclic amines) is 1. The number of benzene rings is 1. The Hall–Kier alpha value is -1.82. The molecule has 0 aromatic heterocycles. The Morgan fingerprint density at radius 3 is 2.58 bits per heavy atom. The number of carbonyl (C=O) groups is 1. The molecule has 0 spiro atoms. The summed E-state index contributed by atoms with van der Waals surface area (Å²) < 4.78 is 0. The van der Waals surface area contributed by atoms with Crippen molar-refractivity contribution in [2.24, 2.45) is 5.92 Å². The van der Waals surface area contributed by atoms with Crippen LogP contribution in [0.15, 0.2) is 30.3 Å². The highest BCUT2D eigenvalue weighted by Crippen LogP contribution is 2.17. The summed E-state index contributed by atoms with van der Waals surface area (Å²) in [6.45, 7) is 1.50. The summed E-state index contributed by atoms with van der Waals surface area (Å²) in [5.41, 5.74) is 1.29. The van der Waals surface area contributed by atoms with Gasteiger partial charge in [0.25, 0.3) is 0 Å². The second-order valence-corrected chi connectivity index (χ2v) is 5.12. The molecule has 0 N–H and O–H groups in total. The average molecular weight is 256 g/mol. The predicted octanol–water partition coefficient (Wildman–Crippen LogP) is 2.77. The molecule has 0 unspecified atom stereocenters. The molecular formula is C16H20N2O. The van der Waals surface area contributed by atoms with Crippen LogP contribution in [0.5, 0.6) is 0 Å². The summed E-state index contributed by atoms with van der Waals surface area (Å²) in [4.78, 5) is 13.9. The average Bonchev–Trinajstić information content (AvgIpc) is 2.48. The SMILES string of the molecule is N#CC1CCN(C(=O)CCCc2ccccc2)CC1. The van der Waals surface area contributed by atoms with Crippen molar-refractivity contribution in [3.05, 3.63) is 35.9 Å². The number of hydrogen-bond donors (Lipinski definition) is 0. The highest BCUT2D eigenvalue weighted by atomic mass is 16.2. The highest BCUT2D eigenvalue weighted by Gasteiger charge is 2.21. The molecular weight excluding hydrogens is 236 g/mol. The molecule has 0 saturated carbocycles. The summed E-state index contributed by atoms with van der Waals surface area (Å²) in [6.07, 6.45) is 4.15. The molecule has 1 saturated heterocycles. The molecule has 0 radical (unpaired) electrons. The van der Waals surface area contributed by atoms with Crippen LogP contribution in [-0.2, 0) is 11.2 Å². The summed E-state index contributed by atoms with van der Waals surface area (Å²) in [7, 11) is 0. The Morgan fingerprint density at radius 2 is 1.95 bits per heavy atom. The zero-order chi connectivity index (χ0) is 13.5. The van der Waals surface area contributed by atoms with Gasteiger partial charge in [-0.05, 0) is 31.2 Å². The standard InChI is InChI=1S/C16H20N2O/c17-13-15-9-11-18(12-10-15)16(19)8-4-7-14-5-2-1-3-6-14/h1-3,5-6,15H,4,7-12H2. The van der Waals surface area contributed by atoms with Crippen LogP contribution in [0.2, 0.25) is 0 Å². The third kappa shape index (κ3) is 4.10. The van der Waals surface area contributed by atoms with Gasteiger partial charge in [0.2, 0.25) is 5.91 Å². The van der Waals surface area contributed by atoms with E-state index in [0.717, 1.165) is 38.8 Å². The fraction of sp³-hybridized carbons (Fsp3) is 0.500. The lowest BCUT2D eigenvalue weighted by Gasteiger charge is -2.29. The van der Waals surface area contributed by atoms with Crippen molar-refractivity contribution >= 4 is 5.91 Å². The van der Waals surface area contributed by atoms with Gasteiger partial charge in [0.1, 0.15) is 0 Å². The quantitative estimate of drug-likeness (QED) is 0.831. The van der Waals surface area contributed by atoms with Gasteiger partial charge in [-0.3, -0.25) is 4.79 Å². The van der Waals surface area contributed by atoms with E-state index in [1.165, 1.54) is 5.56 Å². The Labute approximate surface area is 114 Å². The van der Waals surface area contributed by atoms with E-state index in [1.54, 1.807) is 0 Å². The van der Waals surface area contributed by atoms with E-state index in [1.807, 2.05) is 23.1 Å². The third-order valence-electron chi connectivity index (χ3n) is 3.73. The number of aryl methyl sites for hydroxylation is 1. The smallest absolute Gasteiger partial charge is 0.222 e. The van der Waals surface area contributed by atoms with E-state index in [0.29, 0.717) is 6.42 Å². The molecule has 0 atom stereocenters. The van der Waals surface area contributed by atoms with Crippen LogP contribution in [0.1, 0.15) is 31.2 Å². The zero-order valence-electron chi connectivity index (χ0n) is 11.2. The molecule has 3 heteroatoms. The highest BCUT2D eigenvalue weighted by molar-refractivity contribution is 5.76. The largest absolute Gasteiger partial charge is 0.343 e. The second kappa shape index (κ2) is 6.94. The van der Waals surface area contributed by atoms with Crippen LogP contribution >= 0.6 is 0 Å². The number of piperidine rings is 1. The first-order valence-corrected chi connectivity index (χ1v) is 7.01. The normalized spacial score (nSPS) is 16.1. The van der Waals surface area contributed by atoms with Crippen molar-refractivity contribution in [3.8, 4) is 6.07 Å². The molecule has 2 rings (SSSR count). The van der Waals surface area contributed by atoms with E-state index in [4.69, 9.17) is 5.26 Å². The molecule has 1 aliphatic heterocycles. The lowest BCUT2D eigenvalue weighted by Crippen LogP contribution is -2.38. The van der Waals surface area contributed by atoms with E-state index in [9.17, 15) is 4.79 Å². The minimum absolute atomic E-state index is 0.147. The second-order valence-electron chi connectivity index (χ2n) is 5.12. The van der Waals surface area contributed by atoms with Crippen LogP contribution in [0, 0.1) is 17.2 Å². The third-order valence-corrected chi connectivity index (χ3v) is 3.73. The number of carbonyl (C=O) groups excluding carboxylic acids is 1. The maximum absolute atomic E-state index is 12.0. The van der Waals surface area contributed by atoms with Gasteiger partial charge < -0.3 is 4.90 Å². The number of nitriles is 1. The van der Waals surface area contributed by atoms with Crippen LogP contribution in [0.3, 0.4) is 0 Å². The summed E-state index contributed by atoms with van der Waals surface area (Å²) in [6, 6.07) is 12.6. The predicted molar refractivity (Wildman–Crippen MR) is 74.3 cm³/mol. The van der Waals surface area contributed by atoms with Crippen LogP contribution in [0.25, 0.3) is 0 Å². The van der Waals surface area contributed by atoms with E-state index >= 15 is 0 Å². The topological polar surface area (TPSA) is 44.1 Å². The zero-order valence-corrected chi connectivity index (χ0v) is 11.2. The molecule has 1 aliphatic rings. The van der Waals surface area contributed by atoms with Gasteiger partial charge in [-0.1, -0.05) is 30.3 Å². The van der Waals surface area contributed by atoms with Crippen LogP contribution in [-0.4, -0.2) is 23.9 Å². The molecule has 1 aromatic carbocycles. The molecule has 1 aromatic rings. The fourth-order valence-electron chi connectivity index (χ4n) is 2.50. The lowest BCUT2D eigenvalue weighted by atomic mass is 9.98. The van der Waals surface area contributed by atoms with E-state index in [-0.39, 0.29) is 11.8 Å². The first-order chi connectivity index (χ1) is 9.29. The minimum atomic E-state index is 0.147. The van der Waals surface area contributed by atoms with Gasteiger partial charge in [0.15, 0.2) is 0 Å². The maximum atomic E-state index is 12.0. The molecule has 3 nitrogen and oxygen atoms in total. The first-order valence-electron chi connectivity index (χ1n) is 7.01. The Balaban J connectivity index is 1.69. The van der Waals surface area contributed by atoms with Crippen molar-refractivity contribution in [2.45, 2.75) is 32.1 Å². The Morgan fingerprint density at radius 1 is 1.26 bits per heavy atom. The number of amides is 1. The van der Waals surface area contributed by atoms with Gasteiger partial charge >= 0.3 is 0 Å². The molecule has 0 aliphatic carbocycles. The van der Waals surface area contributed by atoms with Crippen molar-refractivity contribution < 1.29 is 4.79 Å². The molecule has 100 valence electrons. The molecule has 1 heterocycles. The van der Waals surface area contributed by atoms with Crippen molar-refractivity contribution in [2.75, 3.05) is 13.1 Å². The maximum Gasteiger partial charge on any atom is 0.222 e. The molecule has 1 amide bonds. The van der Waals surface area contributed by atoms with Gasteiger partial charge in [-0.15, -0.1) is 0 Å². The molecule has 19 heavy (non-hydrogen) atoms. The van der Waals surface area contributed by atoms with Gasteiger partial charge in [0.05, 0.1) is 6.07 Å². The van der Waals surface area contributed by atoms with E-state index < -0.39 is 0 Å². The number of rotatable bonds is 4. The van der Waals surface area contributed by atoms with Gasteiger partial charge in [-0.25, -0.2) is 0 Å². The first kappa shape index (κ1) is 13.6. The van der Waals surface area contributed by atoms with Crippen LogP contribution < -0.4 is 0 Å². The summed E-state index contributed by atoms with van der Waals surface area (Å²) in [5.74, 6) is 0.390. The lowest BCUT2D eigenvalue weighted by molar-refractivity contribution is -0.132. The molecule has 0 bridgehead atoms. The molecule has 1 fully saturated rings. The van der Waals surface area contributed by atoms with Crippen LogP contribution in [0.4, 0.5) is 0 Å². The number of hydrogen-bond acceptors (Lipinski definition) is 2. The Bertz CT molecular complexity index is 442. The number of nitrogens with zero attached hydrogens (tertiary/aromatic N) is 2. The summed E-state index contributed by atoms with van der Waals surface area (Å²) in [5, 5.41) is 8.83. The Kier molecular flexibility index (Phi) is 4.97. The van der Waals surface area contributed by atoms with E-state index in [2.05, 4.69) is 18.2 Å². The monoisotopic (exact) mass is 256 g/mol.